The Balaban J connectivity index is 1.52. The van der Waals surface area contributed by atoms with Crippen LogP contribution >= 0.6 is 0 Å². The number of rotatable bonds is 7. The van der Waals surface area contributed by atoms with E-state index in [9.17, 15) is 8.42 Å². The topological polar surface area (TPSA) is 77.1 Å². The van der Waals surface area contributed by atoms with Crippen LogP contribution < -0.4 is 18.9 Å². The quantitative estimate of drug-likeness (QED) is 0.745. The maximum atomic E-state index is 12.9. The number of sulfonamides is 1. The molecule has 0 aliphatic carbocycles. The van der Waals surface area contributed by atoms with Gasteiger partial charge >= 0.3 is 0 Å². The molecule has 8 heteroatoms. The Morgan fingerprint density at radius 3 is 2.41 bits per heavy atom. The third-order valence-electron chi connectivity index (χ3n) is 5.37. The molecule has 156 valence electrons. The van der Waals surface area contributed by atoms with Crippen molar-refractivity contribution in [2.45, 2.75) is 23.8 Å². The first-order valence-corrected chi connectivity index (χ1v) is 11.3. The molecule has 2 aromatic rings. The van der Waals surface area contributed by atoms with Crippen molar-refractivity contribution in [1.82, 2.24) is 9.62 Å². The number of fused-ring (bicyclic) bond motifs is 1. The molecule has 4 rings (SSSR count). The van der Waals surface area contributed by atoms with Crippen LogP contribution in [0.25, 0.3) is 0 Å². The fourth-order valence-electron chi connectivity index (χ4n) is 3.80. The Morgan fingerprint density at radius 1 is 1.03 bits per heavy atom. The van der Waals surface area contributed by atoms with E-state index in [-0.39, 0.29) is 10.9 Å². The summed E-state index contributed by atoms with van der Waals surface area (Å²) in [6.45, 7) is 3.10. The summed E-state index contributed by atoms with van der Waals surface area (Å²) in [5.74, 6) is 1.82. The molecule has 0 amide bonds. The molecule has 2 aliphatic rings. The molecule has 1 saturated heterocycles. The Labute approximate surface area is 171 Å². The summed E-state index contributed by atoms with van der Waals surface area (Å²) in [6.07, 6.45) is 2.25. The Bertz CT molecular complexity index is 940. The van der Waals surface area contributed by atoms with E-state index in [1.54, 1.807) is 19.2 Å². The molecule has 2 aliphatic heterocycles. The predicted molar refractivity (Wildman–Crippen MR) is 109 cm³/mol. The fraction of sp³-hybridized carbons (Fsp3) is 0.429. The summed E-state index contributed by atoms with van der Waals surface area (Å²) in [5.41, 5.74) is 1.07. The number of benzene rings is 2. The van der Waals surface area contributed by atoms with Crippen LogP contribution in [0.4, 0.5) is 0 Å². The van der Waals surface area contributed by atoms with Crippen molar-refractivity contribution in [1.29, 1.82) is 0 Å². The number of hydrogen-bond acceptors (Lipinski definition) is 6. The Kier molecular flexibility index (Phi) is 5.94. The van der Waals surface area contributed by atoms with Crippen LogP contribution in [-0.4, -0.2) is 53.3 Å². The molecule has 2 heterocycles. The minimum absolute atomic E-state index is 0.0320. The largest absolute Gasteiger partial charge is 0.497 e. The van der Waals surface area contributed by atoms with E-state index < -0.39 is 10.0 Å². The van der Waals surface area contributed by atoms with Crippen molar-refractivity contribution in [3.63, 3.8) is 0 Å². The number of hydrogen-bond donors (Lipinski definition) is 1. The van der Waals surface area contributed by atoms with Crippen molar-refractivity contribution in [3.05, 3.63) is 48.0 Å². The van der Waals surface area contributed by atoms with Gasteiger partial charge in [0, 0.05) is 18.7 Å². The van der Waals surface area contributed by atoms with Crippen LogP contribution in [0.3, 0.4) is 0 Å². The minimum atomic E-state index is -3.68. The summed E-state index contributed by atoms with van der Waals surface area (Å²) >= 11 is 0. The molecule has 0 saturated carbocycles. The summed E-state index contributed by atoms with van der Waals surface area (Å²) in [4.78, 5) is 2.50. The van der Waals surface area contributed by atoms with Gasteiger partial charge in [0.25, 0.3) is 0 Å². The minimum Gasteiger partial charge on any atom is -0.497 e. The van der Waals surface area contributed by atoms with Crippen LogP contribution in [0.15, 0.2) is 47.4 Å². The number of methoxy groups -OCH3 is 1. The second-order valence-corrected chi connectivity index (χ2v) is 8.96. The lowest BCUT2D eigenvalue weighted by atomic mass is 10.1. The molecule has 0 bridgehead atoms. The van der Waals surface area contributed by atoms with Gasteiger partial charge in [0.05, 0.1) is 12.0 Å². The molecule has 7 nitrogen and oxygen atoms in total. The van der Waals surface area contributed by atoms with E-state index in [2.05, 4.69) is 9.62 Å². The molecular weight excluding hydrogens is 392 g/mol. The van der Waals surface area contributed by atoms with Crippen LogP contribution in [0.5, 0.6) is 17.2 Å². The van der Waals surface area contributed by atoms with E-state index in [4.69, 9.17) is 14.2 Å². The van der Waals surface area contributed by atoms with Crippen LogP contribution in [0.1, 0.15) is 24.4 Å². The predicted octanol–water partition coefficient (Wildman–Crippen LogP) is 2.58. The lowest BCUT2D eigenvalue weighted by Gasteiger charge is -2.28. The number of ether oxygens (including phenoxy) is 3. The molecule has 1 N–H and O–H groups in total. The number of nitrogens with zero attached hydrogens (tertiary/aromatic N) is 1. The molecule has 0 aromatic heterocycles. The van der Waals surface area contributed by atoms with Gasteiger partial charge in [-0.05, 0) is 55.8 Å². The Morgan fingerprint density at radius 2 is 1.72 bits per heavy atom. The van der Waals surface area contributed by atoms with Gasteiger partial charge in [-0.3, -0.25) is 4.90 Å². The van der Waals surface area contributed by atoms with Crippen molar-refractivity contribution in [3.8, 4) is 17.2 Å². The number of nitrogens with one attached hydrogen (secondary N) is 1. The molecule has 0 spiro atoms. The first kappa shape index (κ1) is 20.0. The molecule has 1 fully saturated rings. The van der Waals surface area contributed by atoms with E-state index in [1.165, 1.54) is 6.07 Å². The van der Waals surface area contributed by atoms with Crippen LogP contribution in [0.2, 0.25) is 0 Å². The van der Waals surface area contributed by atoms with Crippen molar-refractivity contribution < 1.29 is 22.6 Å². The van der Waals surface area contributed by atoms with Gasteiger partial charge in [0.1, 0.15) is 19.0 Å². The second kappa shape index (κ2) is 8.61. The first-order chi connectivity index (χ1) is 14.1. The summed E-state index contributed by atoms with van der Waals surface area (Å²) < 4.78 is 44.9. The van der Waals surface area contributed by atoms with Crippen molar-refractivity contribution in [2.24, 2.45) is 0 Å². The van der Waals surface area contributed by atoms with E-state index in [0.29, 0.717) is 31.3 Å². The van der Waals surface area contributed by atoms with Gasteiger partial charge in [0.15, 0.2) is 11.5 Å². The van der Waals surface area contributed by atoms with E-state index in [0.717, 1.165) is 37.2 Å². The van der Waals surface area contributed by atoms with Gasteiger partial charge in [-0.2, -0.15) is 0 Å². The highest BCUT2D eigenvalue weighted by atomic mass is 32.2. The standard InChI is InChI=1S/C21H26N2O5S/c1-26-17-6-4-16(5-7-17)19(23-10-2-3-11-23)15-22-29(24,25)18-8-9-20-21(14-18)28-13-12-27-20/h4-9,14,19,22H,2-3,10-13,15H2,1H3/t19-/m0/s1. The maximum absolute atomic E-state index is 12.9. The monoisotopic (exact) mass is 418 g/mol. The van der Waals surface area contributed by atoms with Gasteiger partial charge < -0.3 is 14.2 Å². The first-order valence-electron chi connectivity index (χ1n) is 9.84. The molecule has 0 unspecified atom stereocenters. The molecule has 29 heavy (non-hydrogen) atoms. The lowest BCUT2D eigenvalue weighted by molar-refractivity contribution is 0.171. The smallest absolute Gasteiger partial charge is 0.240 e. The van der Waals surface area contributed by atoms with E-state index >= 15 is 0 Å². The highest BCUT2D eigenvalue weighted by Gasteiger charge is 2.26. The molecule has 1 atom stereocenters. The normalized spacial score (nSPS) is 17.8. The zero-order valence-corrected chi connectivity index (χ0v) is 17.3. The fourth-order valence-corrected chi connectivity index (χ4v) is 4.85. The maximum Gasteiger partial charge on any atom is 0.240 e. The third kappa shape index (κ3) is 4.49. The Hall–Kier alpha value is -2.29. The van der Waals surface area contributed by atoms with Gasteiger partial charge in [0.2, 0.25) is 10.0 Å². The zero-order valence-electron chi connectivity index (χ0n) is 16.5. The molecule has 2 aromatic carbocycles. The average molecular weight is 419 g/mol. The average Bonchev–Trinajstić information content (AvgIpc) is 3.28. The van der Waals surface area contributed by atoms with Gasteiger partial charge in [-0.1, -0.05) is 12.1 Å². The summed E-state index contributed by atoms with van der Waals surface area (Å²) in [5, 5.41) is 0. The lowest BCUT2D eigenvalue weighted by Crippen LogP contribution is -2.36. The SMILES string of the molecule is COc1ccc([C@H](CNS(=O)(=O)c2ccc3c(c2)OCCO3)N2CCCC2)cc1. The molecular formula is C21H26N2O5S. The van der Waals surface area contributed by atoms with Crippen molar-refractivity contribution in [2.75, 3.05) is 40.0 Å². The molecule has 0 radical (unpaired) electrons. The van der Waals surface area contributed by atoms with E-state index in [1.807, 2.05) is 24.3 Å². The third-order valence-corrected chi connectivity index (χ3v) is 6.79. The van der Waals surface area contributed by atoms with Gasteiger partial charge in [-0.25, -0.2) is 13.1 Å². The summed E-state index contributed by atoms with van der Waals surface area (Å²) in [6, 6.07) is 12.5. The number of likely N-dealkylation sites (tertiary alicyclic amines) is 1. The highest BCUT2D eigenvalue weighted by Crippen LogP contribution is 2.32. The second-order valence-electron chi connectivity index (χ2n) is 7.19. The van der Waals surface area contributed by atoms with Crippen molar-refractivity contribution >= 4 is 10.0 Å². The highest BCUT2D eigenvalue weighted by molar-refractivity contribution is 7.89. The zero-order chi connectivity index (χ0) is 20.3. The van der Waals surface area contributed by atoms with Gasteiger partial charge in [-0.15, -0.1) is 0 Å². The van der Waals surface area contributed by atoms with Crippen LogP contribution in [-0.2, 0) is 10.0 Å². The van der Waals surface area contributed by atoms with Crippen LogP contribution in [0, 0.1) is 0 Å². The summed E-state index contributed by atoms with van der Waals surface area (Å²) in [7, 11) is -2.04.